The van der Waals surface area contributed by atoms with E-state index >= 15 is 0 Å². The van der Waals surface area contributed by atoms with Gasteiger partial charge >= 0.3 is 0 Å². The Kier molecular flexibility index (Phi) is 5.73. The van der Waals surface area contributed by atoms with E-state index in [2.05, 4.69) is 22.5 Å². The number of ether oxygens (including phenoxy) is 1. The zero-order chi connectivity index (χ0) is 10.9. The van der Waals surface area contributed by atoms with Gasteiger partial charge in [-0.3, -0.25) is 4.98 Å². The Bertz CT molecular complexity index is 278. The fraction of sp³-hybridized carbons (Fsp3) is 0.545. The Morgan fingerprint density at radius 2 is 2.33 bits per heavy atom. The molecule has 0 aliphatic rings. The van der Waals surface area contributed by atoms with Crippen molar-refractivity contribution in [1.82, 2.24) is 10.3 Å². The van der Waals surface area contributed by atoms with Gasteiger partial charge in [0.25, 0.3) is 0 Å². The van der Waals surface area contributed by atoms with Crippen LogP contribution in [-0.2, 0) is 11.3 Å². The normalized spacial score (nSPS) is 10.3. The molecule has 1 heterocycles. The minimum absolute atomic E-state index is 0.711. The first kappa shape index (κ1) is 11.9. The summed E-state index contributed by atoms with van der Waals surface area (Å²) in [6.07, 6.45) is 3.68. The quantitative estimate of drug-likeness (QED) is 0.663. The lowest BCUT2D eigenvalue weighted by Gasteiger charge is -2.11. The fourth-order valence-corrected chi connectivity index (χ4v) is 1.29. The average Bonchev–Trinajstić information content (AvgIpc) is 2.28. The van der Waals surface area contributed by atoms with Gasteiger partial charge in [0.05, 0.1) is 6.61 Å². The molecule has 0 amide bonds. The molecule has 84 valence electrons. The van der Waals surface area contributed by atoms with Crippen molar-refractivity contribution in [2.75, 3.05) is 32.1 Å². The van der Waals surface area contributed by atoms with E-state index in [0.717, 1.165) is 25.3 Å². The molecule has 0 atom stereocenters. The molecule has 0 fully saturated rings. The van der Waals surface area contributed by atoms with Gasteiger partial charge in [-0.2, -0.15) is 0 Å². The highest BCUT2D eigenvalue weighted by molar-refractivity contribution is 5.49. The first-order valence-electron chi connectivity index (χ1n) is 5.25. The summed E-state index contributed by atoms with van der Waals surface area (Å²) in [6, 6.07) is 1.99. The molecule has 1 rings (SSSR count). The van der Waals surface area contributed by atoms with Crippen LogP contribution in [0.4, 0.5) is 5.69 Å². The van der Waals surface area contributed by atoms with Gasteiger partial charge in [-0.1, -0.05) is 6.92 Å². The van der Waals surface area contributed by atoms with Crippen LogP contribution in [0, 0.1) is 0 Å². The monoisotopic (exact) mass is 209 g/mol. The van der Waals surface area contributed by atoms with Gasteiger partial charge in [-0.25, -0.2) is 0 Å². The highest BCUT2D eigenvalue weighted by Gasteiger charge is 2.00. The van der Waals surface area contributed by atoms with Crippen LogP contribution in [-0.4, -0.2) is 31.8 Å². The Morgan fingerprint density at radius 3 is 3.07 bits per heavy atom. The molecule has 2 N–H and O–H groups in total. The highest BCUT2D eigenvalue weighted by Crippen LogP contribution is 2.12. The maximum atomic E-state index is 4.99. The van der Waals surface area contributed by atoms with E-state index in [0.29, 0.717) is 6.61 Å². The minimum Gasteiger partial charge on any atom is -0.383 e. The maximum absolute atomic E-state index is 4.99. The molecule has 0 saturated carbocycles. The van der Waals surface area contributed by atoms with E-state index in [9.17, 15) is 0 Å². The van der Waals surface area contributed by atoms with E-state index in [1.54, 1.807) is 13.3 Å². The van der Waals surface area contributed by atoms with Gasteiger partial charge in [-0.05, 0) is 12.6 Å². The molecular formula is C11H19N3O. The highest BCUT2D eigenvalue weighted by atomic mass is 16.5. The number of anilines is 1. The van der Waals surface area contributed by atoms with Crippen molar-refractivity contribution in [3.63, 3.8) is 0 Å². The lowest BCUT2D eigenvalue weighted by atomic mass is 10.2. The zero-order valence-corrected chi connectivity index (χ0v) is 9.42. The summed E-state index contributed by atoms with van der Waals surface area (Å²) in [7, 11) is 1.70. The van der Waals surface area contributed by atoms with Crippen molar-refractivity contribution in [3.05, 3.63) is 24.0 Å². The molecule has 0 saturated heterocycles. The molecule has 4 nitrogen and oxygen atoms in total. The van der Waals surface area contributed by atoms with Crippen LogP contribution < -0.4 is 10.6 Å². The van der Waals surface area contributed by atoms with Crippen molar-refractivity contribution in [2.24, 2.45) is 0 Å². The van der Waals surface area contributed by atoms with Crippen LogP contribution in [0.15, 0.2) is 18.5 Å². The molecule has 0 aromatic carbocycles. The molecule has 0 bridgehead atoms. The SMILES string of the molecule is CCNCc1cnccc1NCCOC. The summed E-state index contributed by atoms with van der Waals surface area (Å²) in [4.78, 5) is 4.12. The summed E-state index contributed by atoms with van der Waals surface area (Å²) in [5.41, 5.74) is 2.32. The maximum Gasteiger partial charge on any atom is 0.0635 e. The van der Waals surface area contributed by atoms with Gasteiger partial charge in [0, 0.05) is 43.8 Å². The Morgan fingerprint density at radius 1 is 1.47 bits per heavy atom. The molecular weight excluding hydrogens is 190 g/mol. The second kappa shape index (κ2) is 7.20. The average molecular weight is 209 g/mol. The summed E-state index contributed by atoms with van der Waals surface area (Å²) >= 11 is 0. The standard InChI is InChI=1S/C11H19N3O/c1-3-12-8-10-9-13-5-4-11(10)14-6-7-15-2/h4-5,9,12H,3,6-8H2,1-2H3,(H,13,14). The minimum atomic E-state index is 0.711. The fourth-order valence-electron chi connectivity index (χ4n) is 1.29. The Hall–Kier alpha value is -1.13. The van der Waals surface area contributed by atoms with E-state index < -0.39 is 0 Å². The van der Waals surface area contributed by atoms with Gasteiger partial charge in [0.1, 0.15) is 0 Å². The van der Waals surface area contributed by atoms with E-state index in [4.69, 9.17) is 4.74 Å². The molecule has 4 heteroatoms. The molecule has 1 aromatic heterocycles. The molecule has 15 heavy (non-hydrogen) atoms. The van der Waals surface area contributed by atoms with E-state index in [-0.39, 0.29) is 0 Å². The predicted octanol–water partition coefficient (Wildman–Crippen LogP) is 1.25. The van der Waals surface area contributed by atoms with Gasteiger partial charge in [0.2, 0.25) is 0 Å². The summed E-state index contributed by atoms with van der Waals surface area (Å²) in [5, 5.41) is 6.60. The van der Waals surface area contributed by atoms with Gasteiger partial charge in [0.15, 0.2) is 0 Å². The number of rotatable bonds is 7. The third-order valence-electron chi connectivity index (χ3n) is 2.09. The van der Waals surface area contributed by atoms with Crippen molar-refractivity contribution < 1.29 is 4.74 Å². The van der Waals surface area contributed by atoms with Crippen molar-refractivity contribution in [2.45, 2.75) is 13.5 Å². The number of hydrogen-bond donors (Lipinski definition) is 2. The van der Waals surface area contributed by atoms with Crippen molar-refractivity contribution in [3.8, 4) is 0 Å². The molecule has 0 aliphatic heterocycles. The topological polar surface area (TPSA) is 46.2 Å². The van der Waals surface area contributed by atoms with Crippen LogP contribution in [0.25, 0.3) is 0 Å². The van der Waals surface area contributed by atoms with Gasteiger partial charge in [-0.15, -0.1) is 0 Å². The molecule has 1 aromatic rings. The van der Waals surface area contributed by atoms with Crippen LogP contribution in [0.5, 0.6) is 0 Å². The predicted molar refractivity (Wildman–Crippen MR) is 62.0 cm³/mol. The lowest BCUT2D eigenvalue weighted by Crippen LogP contribution is -2.15. The summed E-state index contributed by atoms with van der Waals surface area (Å²) in [5.74, 6) is 0. The number of nitrogens with one attached hydrogen (secondary N) is 2. The lowest BCUT2D eigenvalue weighted by molar-refractivity contribution is 0.211. The zero-order valence-electron chi connectivity index (χ0n) is 9.42. The first-order valence-corrected chi connectivity index (χ1v) is 5.25. The summed E-state index contributed by atoms with van der Waals surface area (Å²) in [6.45, 7) is 5.43. The van der Waals surface area contributed by atoms with Crippen molar-refractivity contribution in [1.29, 1.82) is 0 Å². The van der Waals surface area contributed by atoms with Crippen LogP contribution in [0.2, 0.25) is 0 Å². The second-order valence-electron chi connectivity index (χ2n) is 3.23. The summed E-state index contributed by atoms with van der Waals surface area (Å²) < 4.78 is 4.99. The molecule has 0 radical (unpaired) electrons. The molecule has 0 aliphatic carbocycles. The smallest absolute Gasteiger partial charge is 0.0635 e. The number of nitrogens with zero attached hydrogens (tertiary/aromatic N) is 1. The number of pyridine rings is 1. The number of aromatic nitrogens is 1. The molecule has 0 unspecified atom stereocenters. The van der Waals surface area contributed by atoms with E-state index in [1.807, 2.05) is 12.3 Å². The van der Waals surface area contributed by atoms with Gasteiger partial charge < -0.3 is 15.4 Å². The number of hydrogen-bond acceptors (Lipinski definition) is 4. The molecule has 0 spiro atoms. The second-order valence-corrected chi connectivity index (χ2v) is 3.23. The van der Waals surface area contributed by atoms with Crippen LogP contribution >= 0.6 is 0 Å². The van der Waals surface area contributed by atoms with Crippen LogP contribution in [0.1, 0.15) is 12.5 Å². The number of methoxy groups -OCH3 is 1. The van der Waals surface area contributed by atoms with Crippen LogP contribution in [0.3, 0.4) is 0 Å². The third-order valence-corrected chi connectivity index (χ3v) is 2.09. The first-order chi connectivity index (χ1) is 7.38. The third kappa shape index (κ3) is 4.27. The largest absolute Gasteiger partial charge is 0.383 e. The van der Waals surface area contributed by atoms with E-state index in [1.165, 1.54) is 5.56 Å². The Labute approximate surface area is 91.1 Å². The van der Waals surface area contributed by atoms with Crippen molar-refractivity contribution >= 4 is 5.69 Å². The Balaban J connectivity index is 2.52.